The highest BCUT2D eigenvalue weighted by atomic mass is 16.5. The number of hydrogen-bond donors (Lipinski definition) is 2. The highest BCUT2D eigenvalue weighted by molar-refractivity contribution is 6.03. The lowest BCUT2D eigenvalue weighted by molar-refractivity contribution is -0.142. The first kappa shape index (κ1) is 16.9. The Bertz CT molecular complexity index is 696. The number of carboxylic acid groups (broad SMARTS) is 2. The molecule has 0 unspecified atom stereocenters. The minimum absolute atomic E-state index is 0.208. The molecule has 0 atom stereocenters. The summed E-state index contributed by atoms with van der Waals surface area (Å²) in [6.45, 7) is 3.24. The smallest absolute Gasteiger partial charge is 0.349 e. The van der Waals surface area contributed by atoms with E-state index in [-0.39, 0.29) is 16.7 Å². The molecule has 1 aromatic carbocycles. The third kappa shape index (κ3) is 4.18. The molecule has 1 aromatic rings. The van der Waals surface area contributed by atoms with Gasteiger partial charge in [0.25, 0.3) is 0 Å². The van der Waals surface area contributed by atoms with E-state index in [2.05, 4.69) is 0 Å². The first-order valence-electron chi connectivity index (χ1n) is 6.19. The van der Waals surface area contributed by atoms with Crippen molar-refractivity contribution in [3.05, 3.63) is 40.5 Å². The average molecular weight is 303 g/mol. The molecule has 0 radical (unpaired) electrons. The maximum absolute atomic E-state index is 11.7. The van der Waals surface area contributed by atoms with Crippen LogP contribution in [0.1, 0.15) is 40.1 Å². The number of ether oxygens (including phenoxy) is 1. The number of rotatable bonds is 5. The van der Waals surface area contributed by atoms with Gasteiger partial charge in [-0.3, -0.25) is 0 Å². The Morgan fingerprint density at radius 1 is 1.18 bits per heavy atom. The van der Waals surface area contributed by atoms with Crippen molar-refractivity contribution in [3.63, 3.8) is 0 Å². The van der Waals surface area contributed by atoms with Crippen molar-refractivity contribution in [2.45, 2.75) is 20.0 Å². The molecule has 0 aromatic heterocycles. The van der Waals surface area contributed by atoms with Crippen molar-refractivity contribution in [1.82, 2.24) is 0 Å². The number of aromatic carboxylic acids is 2. The van der Waals surface area contributed by atoms with Gasteiger partial charge in [0.05, 0.1) is 17.2 Å². The fourth-order valence-electron chi connectivity index (χ4n) is 1.60. The Balaban J connectivity index is 3.27. The number of nitrogens with zero attached hydrogens (tertiary/aromatic N) is 1. The van der Waals surface area contributed by atoms with E-state index in [1.54, 1.807) is 19.9 Å². The van der Waals surface area contributed by atoms with Crippen molar-refractivity contribution >= 4 is 24.0 Å². The summed E-state index contributed by atoms with van der Waals surface area (Å²) in [7, 11) is 0. The van der Waals surface area contributed by atoms with Crippen LogP contribution in [-0.2, 0) is 9.53 Å². The third-order valence-electron chi connectivity index (χ3n) is 2.50. The minimum Gasteiger partial charge on any atom is -0.478 e. The second-order valence-corrected chi connectivity index (χ2v) is 4.54. The number of hydrogen-bond acceptors (Lipinski definition) is 5. The van der Waals surface area contributed by atoms with Crippen LogP contribution in [-0.4, -0.2) is 34.2 Å². The molecule has 0 amide bonds. The van der Waals surface area contributed by atoms with Gasteiger partial charge < -0.3 is 14.9 Å². The largest absolute Gasteiger partial charge is 0.478 e. The monoisotopic (exact) mass is 303 g/mol. The lowest BCUT2D eigenvalue weighted by atomic mass is 10.0. The van der Waals surface area contributed by atoms with Crippen molar-refractivity contribution in [3.8, 4) is 6.07 Å². The van der Waals surface area contributed by atoms with Crippen LogP contribution in [0.25, 0.3) is 6.08 Å². The Labute approximate surface area is 126 Å². The highest BCUT2D eigenvalue weighted by Crippen LogP contribution is 2.16. The van der Waals surface area contributed by atoms with E-state index in [1.807, 2.05) is 0 Å². The maximum atomic E-state index is 11.7. The fourth-order valence-corrected chi connectivity index (χ4v) is 1.60. The van der Waals surface area contributed by atoms with Crippen molar-refractivity contribution < 1.29 is 29.3 Å². The number of carboxylic acids is 2. The van der Waals surface area contributed by atoms with Gasteiger partial charge in [0, 0.05) is 0 Å². The van der Waals surface area contributed by atoms with E-state index >= 15 is 0 Å². The van der Waals surface area contributed by atoms with E-state index in [0.29, 0.717) is 0 Å². The second kappa shape index (κ2) is 7.04. The molecule has 22 heavy (non-hydrogen) atoms. The van der Waals surface area contributed by atoms with Crippen LogP contribution in [0.15, 0.2) is 23.8 Å². The first-order chi connectivity index (χ1) is 10.3. The van der Waals surface area contributed by atoms with Crippen LogP contribution in [0.2, 0.25) is 0 Å². The number of esters is 1. The zero-order valence-corrected chi connectivity index (χ0v) is 11.9. The van der Waals surface area contributed by atoms with E-state index in [4.69, 9.17) is 20.2 Å². The van der Waals surface area contributed by atoms with Gasteiger partial charge in [0.2, 0.25) is 0 Å². The Morgan fingerprint density at radius 2 is 1.77 bits per heavy atom. The van der Waals surface area contributed by atoms with Gasteiger partial charge in [0.15, 0.2) is 0 Å². The minimum atomic E-state index is -1.42. The van der Waals surface area contributed by atoms with Gasteiger partial charge in [0.1, 0.15) is 11.6 Å². The van der Waals surface area contributed by atoms with Gasteiger partial charge in [-0.25, -0.2) is 14.4 Å². The summed E-state index contributed by atoms with van der Waals surface area (Å²) in [5.41, 5.74) is -0.920. The molecular weight excluding hydrogens is 290 g/mol. The maximum Gasteiger partial charge on any atom is 0.349 e. The molecule has 0 saturated heterocycles. The summed E-state index contributed by atoms with van der Waals surface area (Å²) < 4.78 is 4.87. The molecule has 7 heteroatoms. The SMILES string of the molecule is CC(C)OC(=O)/C(C#N)=C/c1ccc(C(=O)O)c(C(=O)O)c1. The van der Waals surface area contributed by atoms with Crippen LogP contribution in [0.5, 0.6) is 0 Å². The van der Waals surface area contributed by atoms with Crippen molar-refractivity contribution in [2.24, 2.45) is 0 Å². The number of carbonyl (C=O) groups excluding carboxylic acids is 1. The Hall–Kier alpha value is -3.14. The lowest BCUT2D eigenvalue weighted by Crippen LogP contribution is -2.13. The van der Waals surface area contributed by atoms with Gasteiger partial charge in [-0.05, 0) is 37.6 Å². The summed E-state index contributed by atoms with van der Waals surface area (Å²) >= 11 is 0. The van der Waals surface area contributed by atoms with Gasteiger partial charge >= 0.3 is 17.9 Å². The number of nitriles is 1. The van der Waals surface area contributed by atoms with E-state index in [0.717, 1.165) is 18.2 Å². The molecule has 7 nitrogen and oxygen atoms in total. The first-order valence-corrected chi connectivity index (χ1v) is 6.19. The van der Waals surface area contributed by atoms with E-state index in [1.165, 1.54) is 6.07 Å². The molecule has 0 heterocycles. The lowest BCUT2D eigenvalue weighted by Gasteiger charge is -2.07. The third-order valence-corrected chi connectivity index (χ3v) is 2.50. The predicted molar refractivity (Wildman–Crippen MR) is 75.2 cm³/mol. The van der Waals surface area contributed by atoms with Crippen LogP contribution >= 0.6 is 0 Å². The van der Waals surface area contributed by atoms with E-state index < -0.39 is 29.6 Å². The molecule has 0 aliphatic heterocycles. The topological polar surface area (TPSA) is 125 Å². The molecule has 0 spiro atoms. The Kier molecular flexibility index (Phi) is 5.41. The van der Waals surface area contributed by atoms with Gasteiger partial charge in [-0.1, -0.05) is 6.07 Å². The fraction of sp³-hybridized carbons (Fsp3) is 0.200. The summed E-state index contributed by atoms with van der Waals surface area (Å²) in [5, 5.41) is 26.9. The normalized spacial score (nSPS) is 10.9. The molecule has 2 N–H and O–H groups in total. The number of carbonyl (C=O) groups is 3. The quantitative estimate of drug-likeness (QED) is 0.483. The second-order valence-electron chi connectivity index (χ2n) is 4.54. The van der Waals surface area contributed by atoms with E-state index in [9.17, 15) is 14.4 Å². The zero-order valence-electron chi connectivity index (χ0n) is 11.9. The Morgan fingerprint density at radius 3 is 2.23 bits per heavy atom. The number of benzene rings is 1. The average Bonchev–Trinajstić information content (AvgIpc) is 2.43. The molecular formula is C15H13NO6. The summed E-state index contributed by atoms with van der Waals surface area (Å²) in [6, 6.07) is 5.14. The van der Waals surface area contributed by atoms with Crippen LogP contribution in [0.4, 0.5) is 0 Å². The summed E-state index contributed by atoms with van der Waals surface area (Å²) in [5.74, 6) is -3.64. The van der Waals surface area contributed by atoms with Crippen LogP contribution in [0, 0.1) is 11.3 Å². The van der Waals surface area contributed by atoms with Crippen molar-refractivity contribution in [1.29, 1.82) is 5.26 Å². The van der Waals surface area contributed by atoms with Gasteiger partial charge in [-0.2, -0.15) is 5.26 Å². The molecule has 0 fully saturated rings. The molecule has 0 aliphatic rings. The summed E-state index contributed by atoms with van der Waals surface area (Å²) in [4.78, 5) is 33.7. The van der Waals surface area contributed by atoms with Crippen LogP contribution in [0.3, 0.4) is 0 Å². The zero-order chi connectivity index (χ0) is 16.9. The predicted octanol–water partition coefficient (Wildman–Crippen LogP) is 1.94. The highest BCUT2D eigenvalue weighted by Gasteiger charge is 2.17. The van der Waals surface area contributed by atoms with Crippen molar-refractivity contribution in [2.75, 3.05) is 0 Å². The molecule has 0 aliphatic carbocycles. The molecule has 1 rings (SSSR count). The summed E-state index contributed by atoms with van der Waals surface area (Å²) in [6.07, 6.45) is 0.733. The standard InChI is InChI=1S/C15H13NO6/c1-8(2)22-15(21)10(7-16)5-9-3-4-11(13(17)18)12(6-9)14(19)20/h3-6,8H,1-2H3,(H,17,18)(H,19,20)/b10-5+. The van der Waals surface area contributed by atoms with Gasteiger partial charge in [-0.15, -0.1) is 0 Å². The van der Waals surface area contributed by atoms with Crippen LogP contribution < -0.4 is 0 Å². The molecule has 0 bridgehead atoms. The molecule has 114 valence electrons. The molecule has 0 saturated carbocycles.